The Morgan fingerprint density at radius 3 is 2.73 bits per heavy atom. The zero-order valence-corrected chi connectivity index (χ0v) is 22.2. The summed E-state index contributed by atoms with van der Waals surface area (Å²) in [5, 5.41) is 4.59. The number of amides is 2. The van der Waals surface area contributed by atoms with Crippen LogP contribution in [0, 0.1) is 5.41 Å². The Morgan fingerprint density at radius 2 is 1.97 bits per heavy atom. The molecule has 1 saturated heterocycles. The van der Waals surface area contributed by atoms with Crippen LogP contribution in [-0.4, -0.2) is 53.5 Å². The van der Waals surface area contributed by atoms with Crippen LogP contribution in [0.1, 0.15) is 54.4 Å². The molecule has 1 atom stereocenters. The fraction of sp³-hybridized carbons (Fsp3) is 0.414. The van der Waals surface area contributed by atoms with Crippen molar-refractivity contribution in [3.63, 3.8) is 0 Å². The smallest absolute Gasteiger partial charge is 0.276 e. The number of nitrogens with zero attached hydrogens (tertiary/aromatic N) is 3. The van der Waals surface area contributed by atoms with Crippen molar-refractivity contribution in [2.24, 2.45) is 5.41 Å². The Labute approximate surface area is 223 Å². The molecule has 0 radical (unpaired) electrons. The van der Waals surface area contributed by atoms with E-state index in [0.717, 1.165) is 31.2 Å². The third kappa shape index (κ3) is 7.13. The third-order valence-electron chi connectivity index (χ3n) is 6.78. The standard InChI is InChI=1S/C29H34ClN3O4/c1-3-9-25-17-26(31-37-25)28(35)33-15-8-14-29(20-33,21-36-24-13-7-12-23(30)16-24)18-27(34)32(2)19-22-10-5-4-6-11-22/h4-7,10-13,16-17H,3,8-9,14-15,18-21H2,1-2H3/t29-/m0/s1. The van der Waals surface area contributed by atoms with Crippen molar-refractivity contribution in [3.8, 4) is 5.75 Å². The Balaban J connectivity index is 1.51. The summed E-state index contributed by atoms with van der Waals surface area (Å²) in [5.74, 6) is 1.18. The molecule has 1 fully saturated rings. The van der Waals surface area contributed by atoms with Gasteiger partial charge in [0.1, 0.15) is 11.5 Å². The second-order valence-corrected chi connectivity index (χ2v) is 10.4. The molecule has 8 heteroatoms. The number of hydrogen-bond acceptors (Lipinski definition) is 5. The third-order valence-corrected chi connectivity index (χ3v) is 7.01. The molecule has 0 spiro atoms. The summed E-state index contributed by atoms with van der Waals surface area (Å²) in [4.78, 5) is 30.3. The van der Waals surface area contributed by atoms with Crippen molar-refractivity contribution >= 4 is 23.4 Å². The second kappa shape index (κ2) is 12.3. The Morgan fingerprint density at radius 1 is 1.16 bits per heavy atom. The van der Waals surface area contributed by atoms with Gasteiger partial charge in [0.05, 0.1) is 6.61 Å². The molecule has 4 rings (SSSR count). The number of hydrogen-bond donors (Lipinski definition) is 0. The first-order valence-electron chi connectivity index (χ1n) is 12.8. The Hall–Kier alpha value is -3.32. The van der Waals surface area contributed by atoms with E-state index in [9.17, 15) is 9.59 Å². The molecule has 1 aliphatic heterocycles. The minimum absolute atomic E-state index is 0.0134. The molecule has 0 aliphatic carbocycles. The summed E-state index contributed by atoms with van der Waals surface area (Å²) < 4.78 is 11.5. The number of benzene rings is 2. The molecule has 1 aliphatic rings. The molecule has 0 unspecified atom stereocenters. The first-order chi connectivity index (χ1) is 17.9. The van der Waals surface area contributed by atoms with Gasteiger partial charge in [-0.15, -0.1) is 0 Å². The summed E-state index contributed by atoms with van der Waals surface area (Å²) in [6.45, 7) is 3.86. The predicted molar refractivity (Wildman–Crippen MR) is 143 cm³/mol. The summed E-state index contributed by atoms with van der Waals surface area (Å²) >= 11 is 6.15. The number of aromatic nitrogens is 1. The maximum atomic E-state index is 13.4. The van der Waals surface area contributed by atoms with Crippen LogP contribution in [0.15, 0.2) is 65.2 Å². The van der Waals surface area contributed by atoms with Crippen LogP contribution in [-0.2, 0) is 17.8 Å². The van der Waals surface area contributed by atoms with E-state index < -0.39 is 5.41 Å². The van der Waals surface area contributed by atoms with Gasteiger partial charge in [-0.25, -0.2) is 0 Å². The maximum Gasteiger partial charge on any atom is 0.276 e. The predicted octanol–water partition coefficient (Wildman–Crippen LogP) is 5.63. The molecule has 196 valence electrons. The minimum atomic E-state index is -0.547. The lowest BCUT2D eigenvalue weighted by molar-refractivity contribution is -0.134. The molecular weight excluding hydrogens is 490 g/mol. The zero-order chi connectivity index (χ0) is 26.3. The monoisotopic (exact) mass is 523 g/mol. The van der Waals surface area contributed by atoms with Crippen molar-refractivity contribution in [2.45, 2.75) is 45.6 Å². The highest BCUT2D eigenvalue weighted by molar-refractivity contribution is 6.30. The number of halogens is 1. The number of piperidine rings is 1. The van der Waals surface area contributed by atoms with Gasteiger partial charge < -0.3 is 19.1 Å². The molecule has 1 aromatic heterocycles. The number of likely N-dealkylation sites (tertiary alicyclic amines) is 1. The van der Waals surface area contributed by atoms with Crippen molar-refractivity contribution in [1.29, 1.82) is 0 Å². The lowest BCUT2D eigenvalue weighted by atomic mass is 9.77. The molecule has 37 heavy (non-hydrogen) atoms. The van der Waals surface area contributed by atoms with Gasteiger partial charge in [-0.3, -0.25) is 9.59 Å². The Bertz CT molecular complexity index is 1200. The van der Waals surface area contributed by atoms with E-state index in [1.807, 2.05) is 49.5 Å². The minimum Gasteiger partial charge on any atom is -0.493 e. The van der Waals surface area contributed by atoms with E-state index in [1.54, 1.807) is 28.0 Å². The van der Waals surface area contributed by atoms with E-state index in [1.165, 1.54) is 0 Å². The fourth-order valence-electron chi connectivity index (χ4n) is 4.83. The number of aryl methyl sites for hydroxylation is 1. The van der Waals surface area contributed by atoms with Crippen molar-refractivity contribution in [3.05, 3.63) is 82.7 Å². The quantitative estimate of drug-likeness (QED) is 0.344. The van der Waals surface area contributed by atoms with Crippen molar-refractivity contribution in [2.75, 3.05) is 26.7 Å². The molecule has 2 amide bonds. The lowest BCUT2D eigenvalue weighted by Gasteiger charge is -2.42. The molecule has 2 heterocycles. The number of rotatable bonds is 10. The highest BCUT2D eigenvalue weighted by Crippen LogP contribution is 2.36. The van der Waals surface area contributed by atoms with E-state index in [-0.39, 0.29) is 18.2 Å². The van der Waals surface area contributed by atoms with Gasteiger partial charge >= 0.3 is 0 Å². The zero-order valence-electron chi connectivity index (χ0n) is 21.5. The van der Waals surface area contributed by atoms with Crippen molar-refractivity contribution < 1.29 is 18.8 Å². The van der Waals surface area contributed by atoms with Gasteiger partial charge in [0, 0.05) is 56.0 Å². The van der Waals surface area contributed by atoms with Crippen LogP contribution in [0.4, 0.5) is 0 Å². The number of carbonyl (C=O) groups is 2. The van der Waals surface area contributed by atoms with Gasteiger partial charge in [-0.1, -0.05) is 60.1 Å². The summed E-state index contributed by atoms with van der Waals surface area (Å²) in [7, 11) is 1.82. The first kappa shape index (κ1) is 26.7. The van der Waals surface area contributed by atoms with Crippen LogP contribution < -0.4 is 4.74 Å². The highest BCUT2D eigenvalue weighted by Gasteiger charge is 2.41. The highest BCUT2D eigenvalue weighted by atomic mass is 35.5. The maximum absolute atomic E-state index is 13.4. The second-order valence-electron chi connectivity index (χ2n) is 9.92. The van der Waals surface area contributed by atoms with E-state index in [0.29, 0.717) is 48.5 Å². The van der Waals surface area contributed by atoms with Gasteiger partial charge in [-0.2, -0.15) is 0 Å². The van der Waals surface area contributed by atoms with Crippen LogP contribution in [0.5, 0.6) is 5.75 Å². The summed E-state index contributed by atoms with van der Waals surface area (Å²) in [5.41, 5.74) is 0.827. The van der Waals surface area contributed by atoms with Gasteiger partial charge in [0.2, 0.25) is 5.91 Å². The summed E-state index contributed by atoms with van der Waals surface area (Å²) in [6, 6.07) is 18.9. The van der Waals surface area contributed by atoms with Gasteiger partial charge in [0.15, 0.2) is 5.69 Å². The molecule has 3 aromatic rings. The molecular formula is C29H34ClN3O4. The molecule has 0 saturated carbocycles. The first-order valence-corrected chi connectivity index (χ1v) is 13.2. The van der Waals surface area contributed by atoms with Crippen molar-refractivity contribution in [1.82, 2.24) is 15.0 Å². The van der Waals surface area contributed by atoms with Crippen LogP contribution in [0.3, 0.4) is 0 Å². The van der Waals surface area contributed by atoms with E-state index in [4.69, 9.17) is 20.9 Å². The van der Waals surface area contributed by atoms with Gasteiger partial charge in [0.25, 0.3) is 5.91 Å². The Kier molecular flexibility index (Phi) is 8.87. The van der Waals surface area contributed by atoms with E-state index >= 15 is 0 Å². The van der Waals surface area contributed by atoms with E-state index in [2.05, 4.69) is 12.1 Å². The largest absolute Gasteiger partial charge is 0.493 e. The van der Waals surface area contributed by atoms with Crippen LogP contribution in [0.2, 0.25) is 5.02 Å². The molecule has 2 aromatic carbocycles. The fourth-order valence-corrected chi connectivity index (χ4v) is 5.01. The molecule has 0 bridgehead atoms. The average molecular weight is 524 g/mol. The normalized spacial score (nSPS) is 17.4. The van der Waals surface area contributed by atoms with Gasteiger partial charge in [-0.05, 0) is 43.0 Å². The van der Waals surface area contributed by atoms with Crippen LogP contribution in [0.25, 0.3) is 0 Å². The number of ether oxygens (including phenoxy) is 1. The summed E-state index contributed by atoms with van der Waals surface area (Å²) in [6.07, 6.45) is 3.44. The lowest BCUT2D eigenvalue weighted by Crippen LogP contribution is -2.50. The average Bonchev–Trinajstić information content (AvgIpc) is 3.37. The SMILES string of the molecule is CCCc1cc(C(=O)N2CCC[C@](COc3cccc(Cl)c3)(CC(=O)N(C)Cc3ccccc3)C2)no1. The molecule has 0 N–H and O–H groups in total. The van der Waals surface area contributed by atoms with Crippen LogP contribution >= 0.6 is 11.6 Å². The molecule has 7 nitrogen and oxygen atoms in total. The number of carbonyl (C=O) groups excluding carboxylic acids is 2. The topological polar surface area (TPSA) is 75.9 Å².